The van der Waals surface area contributed by atoms with Gasteiger partial charge in [-0.3, -0.25) is 9.97 Å². The second-order valence-electron chi connectivity index (χ2n) is 6.22. The summed E-state index contributed by atoms with van der Waals surface area (Å²) in [6.07, 6.45) is 5.22. The number of nitrogens with two attached hydrogens (primary N) is 1. The van der Waals surface area contributed by atoms with Gasteiger partial charge in [-0.05, 0) is 29.7 Å². The van der Waals surface area contributed by atoms with Gasteiger partial charge in [-0.25, -0.2) is 4.98 Å². The predicted octanol–water partition coefficient (Wildman–Crippen LogP) is 3.46. The zero-order valence-corrected chi connectivity index (χ0v) is 15.7. The standard InChI is InChI=1S/C21H20N4O3/c1-26-6-7-28-20-10-18-15(9-19(20)27-2)14-8-17(13-4-3-5-23-11-13)25-21(22)16(14)12-24-18/h3-5,8-12H,6-7H2,1-2H3,(H2,22,25). The second-order valence-corrected chi connectivity index (χ2v) is 6.22. The van der Waals surface area contributed by atoms with Gasteiger partial charge in [0, 0.05) is 48.1 Å². The fourth-order valence-corrected chi connectivity index (χ4v) is 3.11. The Balaban J connectivity index is 1.91. The maximum absolute atomic E-state index is 6.23. The quantitative estimate of drug-likeness (QED) is 0.407. The maximum atomic E-state index is 6.23. The number of benzene rings is 1. The van der Waals surface area contributed by atoms with Gasteiger partial charge in [0.25, 0.3) is 0 Å². The molecule has 0 fully saturated rings. The van der Waals surface area contributed by atoms with Gasteiger partial charge in [0.1, 0.15) is 12.4 Å². The molecule has 0 bridgehead atoms. The first kappa shape index (κ1) is 17.9. The van der Waals surface area contributed by atoms with Crippen molar-refractivity contribution in [1.82, 2.24) is 15.0 Å². The minimum absolute atomic E-state index is 0.421. The summed E-state index contributed by atoms with van der Waals surface area (Å²) in [6.45, 7) is 0.914. The molecule has 0 atom stereocenters. The largest absolute Gasteiger partial charge is 0.493 e. The van der Waals surface area contributed by atoms with E-state index in [0.29, 0.717) is 30.5 Å². The Morgan fingerprint density at radius 1 is 0.964 bits per heavy atom. The van der Waals surface area contributed by atoms with E-state index in [4.69, 9.17) is 19.9 Å². The van der Waals surface area contributed by atoms with E-state index < -0.39 is 0 Å². The summed E-state index contributed by atoms with van der Waals surface area (Å²) in [5, 5.41) is 2.64. The molecule has 4 aromatic rings. The maximum Gasteiger partial charge on any atom is 0.163 e. The summed E-state index contributed by atoms with van der Waals surface area (Å²) in [4.78, 5) is 13.2. The molecule has 2 N–H and O–H groups in total. The van der Waals surface area contributed by atoms with Crippen molar-refractivity contribution in [1.29, 1.82) is 0 Å². The first-order valence-corrected chi connectivity index (χ1v) is 8.80. The van der Waals surface area contributed by atoms with E-state index in [1.807, 2.05) is 30.3 Å². The molecular formula is C21H20N4O3. The Kier molecular flexibility index (Phi) is 4.90. The third-order valence-corrected chi connectivity index (χ3v) is 4.50. The van der Waals surface area contributed by atoms with Crippen molar-refractivity contribution in [2.75, 3.05) is 33.2 Å². The summed E-state index contributed by atoms with van der Waals surface area (Å²) < 4.78 is 16.3. The molecule has 0 amide bonds. The van der Waals surface area contributed by atoms with E-state index in [9.17, 15) is 0 Å². The molecule has 0 saturated heterocycles. The molecule has 1 aromatic carbocycles. The van der Waals surface area contributed by atoms with E-state index in [-0.39, 0.29) is 0 Å². The third kappa shape index (κ3) is 3.27. The van der Waals surface area contributed by atoms with Crippen molar-refractivity contribution in [2.45, 2.75) is 0 Å². The first-order valence-electron chi connectivity index (χ1n) is 8.80. The van der Waals surface area contributed by atoms with Crippen LogP contribution >= 0.6 is 0 Å². The fourth-order valence-electron chi connectivity index (χ4n) is 3.11. The molecule has 3 aromatic heterocycles. The van der Waals surface area contributed by atoms with Gasteiger partial charge in [0.2, 0.25) is 0 Å². The van der Waals surface area contributed by atoms with Crippen LogP contribution < -0.4 is 15.2 Å². The van der Waals surface area contributed by atoms with Crippen molar-refractivity contribution >= 4 is 27.5 Å². The SMILES string of the molecule is COCCOc1cc2ncc3c(N)nc(-c4cccnc4)cc3c2cc1OC. The Hall–Kier alpha value is -3.45. The average molecular weight is 376 g/mol. The fraction of sp³-hybridized carbons (Fsp3) is 0.190. The number of fused-ring (bicyclic) bond motifs is 3. The number of anilines is 1. The summed E-state index contributed by atoms with van der Waals surface area (Å²) in [5.41, 5.74) is 8.66. The molecule has 0 spiro atoms. The van der Waals surface area contributed by atoms with Gasteiger partial charge in [-0.2, -0.15) is 0 Å². The molecule has 3 heterocycles. The van der Waals surface area contributed by atoms with Gasteiger partial charge >= 0.3 is 0 Å². The highest BCUT2D eigenvalue weighted by Crippen LogP contribution is 2.37. The van der Waals surface area contributed by atoms with Gasteiger partial charge in [0.15, 0.2) is 11.5 Å². The average Bonchev–Trinajstić information content (AvgIpc) is 2.73. The van der Waals surface area contributed by atoms with Crippen LogP contribution in [0.25, 0.3) is 32.9 Å². The number of ether oxygens (including phenoxy) is 3. The predicted molar refractivity (Wildman–Crippen MR) is 109 cm³/mol. The van der Waals surface area contributed by atoms with E-state index >= 15 is 0 Å². The number of aromatic nitrogens is 3. The number of pyridine rings is 3. The lowest BCUT2D eigenvalue weighted by Crippen LogP contribution is -2.05. The smallest absolute Gasteiger partial charge is 0.163 e. The van der Waals surface area contributed by atoms with Crippen molar-refractivity contribution in [3.05, 3.63) is 48.9 Å². The van der Waals surface area contributed by atoms with Crippen LogP contribution in [-0.4, -0.2) is 42.4 Å². The number of nitrogen functional groups attached to an aromatic ring is 1. The van der Waals surface area contributed by atoms with Gasteiger partial charge in [-0.15, -0.1) is 0 Å². The number of rotatable bonds is 6. The zero-order valence-electron chi connectivity index (χ0n) is 15.7. The van der Waals surface area contributed by atoms with E-state index in [1.165, 1.54) is 0 Å². The highest BCUT2D eigenvalue weighted by Gasteiger charge is 2.13. The lowest BCUT2D eigenvalue weighted by atomic mass is 10.0. The highest BCUT2D eigenvalue weighted by atomic mass is 16.5. The molecular weight excluding hydrogens is 356 g/mol. The Morgan fingerprint density at radius 2 is 1.86 bits per heavy atom. The number of nitrogens with zero attached hydrogens (tertiary/aromatic N) is 3. The zero-order chi connectivity index (χ0) is 19.5. The van der Waals surface area contributed by atoms with Crippen molar-refractivity contribution < 1.29 is 14.2 Å². The third-order valence-electron chi connectivity index (χ3n) is 4.50. The van der Waals surface area contributed by atoms with Crippen LogP contribution in [0.1, 0.15) is 0 Å². The van der Waals surface area contributed by atoms with E-state index in [2.05, 4.69) is 15.0 Å². The second kappa shape index (κ2) is 7.66. The molecule has 0 unspecified atom stereocenters. The van der Waals surface area contributed by atoms with Crippen LogP contribution in [0, 0.1) is 0 Å². The number of hydrogen-bond donors (Lipinski definition) is 1. The molecule has 0 aliphatic rings. The number of hydrogen-bond acceptors (Lipinski definition) is 7. The topological polar surface area (TPSA) is 92.4 Å². The lowest BCUT2D eigenvalue weighted by molar-refractivity contribution is 0.144. The van der Waals surface area contributed by atoms with Crippen LogP contribution in [0.15, 0.2) is 48.9 Å². The van der Waals surface area contributed by atoms with Gasteiger partial charge in [0.05, 0.1) is 24.9 Å². The van der Waals surface area contributed by atoms with E-state index in [1.54, 1.807) is 32.8 Å². The summed E-state index contributed by atoms with van der Waals surface area (Å²) in [7, 11) is 3.24. The minimum Gasteiger partial charge on any atom is -0.493 e. The summed E-state index contributed by atoms with van der Waals surface area (Å²) in [5.74, 6) is 1.66. The monoisotopic (exact) mass is 376 g/mol. The van der Waals surface area contributed by atoms with Crippen LogP contribution in [0.3, 0.4) is 0 Å². The molecule has 0 radical (unpaired) electrons. The van der Waals surface area contributed by atoms with Crippen LogP contribution in [0.2, 0.25) is 0 Å². The van der Waals surface area contributed by atoms with Crippen LogP contribution in [0.5, 0.6) is 11.5 Å². The van der Waals surface area contributed by atoms with Gasteiger partial charge in [-0.1, -0.05) is 0 Å². The van der Waals surface area contributed by atoms with Gasteiger partial charge < -0.3 is 19.9 Å². The molecule has 0 aliphatic heterocycles. The van der Waals surface area contributed by atoms with Crippen LogP contribution in [0.4, 0.5) is 5.82 Å². The molecule has 7 heteroatoms. The summed E-state index contributed by atoms with van der Waals surface area (Å²) in [6, 6.07) is 9.60. The molecule has 0 aliphatic carbocycles. The number of methoxy groups -OCH3 is 2. The lowest BCUT2D eigenvalue weighted by Gasteiger charge is -2.13. The summed E-state index contributed by atoms with van der Waals surface area (Å²) >= 11 is 0. The Morgan fingerprint density at radius 3 is 2.61 bits per heavy atom. The van der Waals surface area contributed by atoms with Crippen molar-refractivity contribution in [2.24, 2.45) is 0 Å². The Labute approximate surface area is 162 Å². The molecule has 0 saturated carbocycles. The normalized spacial score (nSPS) is 11.1. The van der Waals surface area contributed by atoms with Crippen LogP contribution in [-0.2, 0) is 4.74 Å². The molecule has 142 valence electrons. The Bertz CT molecular complexity index is 1130. The van der Waals surface area contributed by atoms with E-state index in [0.717, 1.165) is 32.9 Å². The van der Waals surface area contributed by atoms with Crippen molar-refractivity contribution in [3.63, 3.8) is 0 Å². The van der Waals surface area contributed by atoms with Crippen molar-refractivity contribution in [3.8, 4) is 22.8 Å². The molecule has 28 heavy (non-hydrogen) atoms. The minimum atomic E-state index is 0.421. The molecule has 4 rings (SSSR count). The highest BCUT2D eigenvalue weighted by molar-refractivity contribution is 6.10. The molecule has 7 nitrogen and oxygen atoms in total. The first-order chi connectivity index (χ1) is 13.7.